The van der Waals surface area contributed by atoms with Gasteiger partial charge in [-0.05, 0) is 12.8 Å². The van der Waals surface area contributed by atoms with Crippen LogP contribution in [0, 0.1) is 0 Å². The van der Waals surface area contributed by atoms with Crippen LogP contribution in [-0.4, -0.2) is 57.3 Å². The van der Waals surface area contributed by atoms with Crippen LogP contribution in [0.4, 0.5) is 0 Å². The summed E-state index contributed by atoms with van der Waals surface area (Å²) in [5.74, 6) is -0.578. The van der Waals surface area contributed by atoms with Gasteiger partial charge >= 0.3 is 0 Å². The average molecular weight is 866 g/mol. The number of hydrogen-bond donors (Lipinski definition) is 5. The van der Waals surface area contributed by atoms with Gasteiger partial charge in [0, 0.05) is 0 Å². The molecule has 0 bridgehead atoms. The van der Waals surface area contributed by atoms with Gasteiger partial charge in [-0.3, -0.25) is 4.79 Å². The second-order valence-electron chi connectivity index (χ2n) is 19.7. The largest absolute Gasteiger partial charge is 0.394 e. The lowest BCUT2D eigenvalue weighted by atomic mass is 9.99. The fourth-order valence-electron chi connectivity index (χ4n) is 9.17. The quantitative estimate of drug-likeness (QED) is 0.0391. The van der Waals surface area contributed by atoms with Crippen molar-refractivity contribution >= 4 is 5.91 Å². The number of carbonyl (C=O) groups excluding carboxylic acids is 1. The van der Waals surface area contributed by atoms with E-state index in [2.05, 4.69) is 19.2 Å². The Bertz CT molecular complexity index is 841. The summed E-state index contributed by atoms with van der Waals surface area (Å²) < 4.78 is 0. The van der Waals surface area contributed by atoms with E-state index in [1.54, 1.807) is 0 Å². The van der Waals surface area contributed by atoms with Crippen molar-refractivity contribution in [2.45, 2.75) is 340 Å². The summed E-state index contributed by atoms with van der Waals surface area (Å²) in [4.78, 5) is 12.5. The van der Waals surface area contributed by atoms with Crippen molar-refractivity contribution in [2.75, 3.05) is 6.61 Å². The lowest BCUT2D eigenvalue weighted by Gasteiger charge is -2.27. The van der Waals surface area contributed by atoms with Crippen LogP contribution in [0.25, 0.3) is 0 Å². The smallest absolute Gasteiger partial charge is 0.249 e. The molecule has 0 radical (unpaired) electrons. The molecule has 6 heteroatoms. The molecule has 0 aliphatic heterocycles. The van der Waals surface area contributed by atoms with Gasteiger partial charge in [-0.15, -0.1) is 0 Å². The maximum absolute atomic E-state index is 12.5. The lowest BCUT2D eigenvalue weighted by Crippen LogP contribution is -2.53. The van der Waals surface area contributed by atoms with E-state index < -0.39 is 36.9 Å². The molecule has 0 aliphatic rings. The third-order valence-electron chi connectivity index (χ3n) is 13.6. The van der Waals surface area contributed by atoms with E-state index in [1.807, 2.05) is 0 Å². The molecule has 4 atom stereocenters. The lowest BCUT2D eigenvalue weighted by molar-refractivity contribution is -0.132. The van der Waals surface area contributed by atoms with Gasteiger partial charge in [-0.2, -0.15) is 0 Å². The number of amides is 1. The number of carbonyl (C=O) groups is 1. The Morgan fingerprint density at radius 1 is 0.344 bits per heavy atom. The van der Waals surface area contributed by atoms with Crippen LogP contribution < -0.4 is 5.32 Å². The van der Waals surface area contributed by atoms with Gasteiger partial charge in [-0.1, -0.05) is 303 Å². The highest BCUT2D eigenvalue weighted by Crippen LogP contribution is 2.19. The van der Waals surface area contributed by atoms with E-state index in [1.165, 1.54) is 250 Å². The molecule has 366 valence electrons. The normalized spacial score (nSPS) is 13.7. The summed E-state index contributed by atoms with van der Waals surface area (Å²) in [6.07, 6.45) is 57.6. The Labute approximate surface area is 381 Å². The summed E-state index contributed by atoms with van der Waals surface area (Å²) in [6, 6.07) is -0.980. The predicted molar refractivity (Wildman–Crippen MR) is 265 cm³/mol. The highest BCUT2D eigenvalue weighted by Gasteiger charge is 2.28. The van der Waals surface area contributed by atoms with E-state index in [0.717, 1.165) is 38.5 Å². The minimum atomic E-state index is -1.25. The average Bonchev–Trinajstić information content (AvgIpc) is 3.26. The molecular formula is C55H111NO5. The third-order valence-corrected chi connectivity index (χ3v) is 13.6. The van der Waals surface area contributed by atoms with Crippen LogP contribution in [0.15, 0.2) is 0 Å². The summed E-state index contributed by atoms with van der Waals surface area (Å²) in [6.45, 7) is 4.08. The van der Waals surface area contributed by atoms with Crippen LogP contribution in [0.3, 0.4) is 0 Å². The maximum atomic E-state index is 12.5. The van der Waals surface area contributed by atoms with Crippen LogP contribution in [-0.2, 0) is 4.79 Å². The van der Waals surface area contributed by atoms with Gasteiger partial charge in [0.25, 0.3) is 0 Å². The van der Waals surface area contributed by atoms with Gasteiger partial charge in [0.15, 0.2) is 0 Å². The molecule has 0 heterocycles. The zero-order valence-electron chi connectivity index (χ0n) is 41.4. The number of rotatable bonds is 52. The summed E-state index contributed by atoms with van der Waals surface area (Å²) in [5.41, 5.74) is 0. The molecule has 61 heavy (non-hydrogen) atoms. The Kier molecular flexibility index (Phi) is 49.7. The molecule has 0 saturated carbocycles. The van der Waals surface area contributed by atoms with Crippen LogP contribution in [0.5, 0.6) is 0 Å². The molecule has 0 rings (SSSR count). The van der Waals surface area contributed by atoms with Gasteiger partial charge in [0.1, 0.15) is 12.2 Å². The van der Waals surface area contributed by atoms with E-state index >= 15 is 0 Å². The zero-order valence-corrected chi connectivity index (χ0v) is 41.4. The van der Waals surface area contributed by atoms with E-state index in [4.69, 9.17) is 0 Å². The van der Waals surface area contributed by atoms with Crippen molar-refractivity contribution in [3.63, 3.8) is 0 Å². The SMILES string of the molecule is CCCCCCCCCCCCCCCCCCCCCCCCCCCCCCCCCCC(O)C(O)C(CO)NC(=O)C(O)CCCCCCCCCCCCCCC. The van der Waals surface area contributed by atoms with Crippen LogP contribution >= 0.6 is 0 Å². The Morgan fingerprint density at radius 2 is 0.557 bits per heavy atom. The highest BCUT2D eigenvalue weighted by atomic mass is 16.3. The van der Waals surface area contributed by atoms with E-state index in [9.17, 15) is 25.2 Å². The topological polar surface area (TPSA) is 110 Å². The molecule has 0 aromatic heterocycles. The molecule has 0 aromatic rings. The predicted octanol–water partition coefficient (Wildman–Crippen LogP) is 15.9. The fourth-order valence-corrected chi connectivity index (χ4v) is 9.17. The Morgan fingerprint density at radius 3 is 0.787 bits per heavy atom. The molecule has 0 aliphatic carbocycles. The molecule has 0 saturated heterocycles. The number of aliphatic hydroxyl groups is 4. The van der Waals surface area contributed by atoms with Crippen molar-refractivity contribution < 1.29 is 25.2 Å². The molecule has 6 nitrogen and oxygen atoms in total. The van der Waals surface area contributed by atoms with Crippen molar-refractivity contribution in [2.24, 2.45) is 0 Å². The van der Waals surface area contributed by atoms with Crippen molar-refractivity contribution in [1.82, 2.24) is 5.32 Å². The second kappa shape index (κ2) is 50.3. The van der Waals surface area contributed by atoms with Gasteiger partial charge in [0.05, 0.1) is 18.8 Å². The molecule has 0 fully saturated rings. The molecule has 1 amide bonds. The maximum Gasteiger partial charge on any atom is 0.249 e. The van der Waals surface area contributed by atoms with Crippen molar-refractivity contribution in [3.8, 4) is 0 Å². The summed E-state index contributed by atoms with van der Waals surface area (Å²) >= 11 is 0. The van der Waals surface area contributed by atoms with Crippen molar-refractivity contribution in [3.05, 3.63) is 0 Å². The first-order valence-corrected chi connectivity index (χ1v) is 27.9. The summed E-state index contributed by atoms with van der Waals surface area (Å²) in [7, 11) is 0. The Hall–Kier alpha value is -0.690. The fraction of sp³-hybridized carbons (Fsp3) is 0.982. The molecule has 4 unspecified atom stereocenters. The third kappa shape index (κ3) is 44.3. The van der Waals surface area contributed by atoms with Gasteiger partial charge in [0.2, 0.25) is 5.91 Å². The standard InChI is InChI=1S/C55H111NO5/c1-3-5-7-9-11-13-15-17-18-19-20-21-22-23-24-25-26-27-28-29-30-31-32-33-34-35-37-38-40-42-44-46-48-52(58)54(60)51(50-57)56-55(61)53(59)49-47-45-43-41-39-36-16-14-12-10-8-6-4-2/h51-54,57-60H,3-50H2,1-2H3,(H,56,61). The first-order valence-electron chi connectivity index (χ1n) is 27.9. The summed E-state index contributed by atoms with van der Waals surface area (Å²) in [5, 5.41) is 43.9. The Balaban J connectivity index is 3.51. The molecule has 5 N–H and O–H groups in total. The van der Waals surface area contributed by atoms with Gasteiger partial charge in [-0.25, -0.2) is 0 Å². The second-order valence-corrected chi connectivity index (χ2v) is 19.7. The van der Waals surface area contributed by atoms with E-state index in [0.29, 0.717) is 12.8 Å². The first-order chi connectivity index (χ1) is 30.0. The first kappa shape index (κ1) is 60.3. The number of aliphatic hydroxyl groups excluding tert-OH is 4. The monoisotopic (exact) mass is 866 g/mol. The molecule has 0 spiro atoms. The molecule has 0 aromatic carbocycles. The number of nitrogens with one attached hydrogen (secondary N) is 1. The van der Waals surface area contributed by atoms with Crippen molar-refractivity contribution in [1.29, 1.82) is 0 Å². The minimum absolute atomic E-state index is 0.375. The van der Waals surface area contributed by atoms with E-state index in [-0.39, 0.29) is 0 Å². The molecular weight excluding hydrogens is 755 g/mol. The number of unbranched alkanes of at least 4 members (excludes halogenated alkanes) is 43. The van der Waals surface area contributed by atoms with Gasteiger partial charge < -0.3 is 25.7 Å². The van der Waals surface area contributed by atoms with Crippen LogP contribution in [0.1, 0.15) is 316 Å². The zero-order chi connectivity index (χ0) is 44.5. The highest BCUT2D eigenvalue weighted by molar-refractivity contribution is 5.80. The minimum Gasteiger partial charge on any atom is -0.394 e. The number of hydrogen-bond acceptors (Lipinski definition) is 5. The van der Waals surface area contributed by atoms with Crippen LogP contribution in [0.2, 0.25) is 0 Å².